The average Bonchev–Trinajstić information content (AvgIpc) is 2.29. The number of allylic oxidation sites excluding steroid dienone is 1. The fraction of sp³-hybridized carbons (Fsp3) is 0.333. The molecule has 0 aliphatic rings. The van der Waals surface area contributed by atoms with Crippen LogP contribution in [0.2, 0.25) is 10.0 Å². The van der Waals surface area contributed by atoms with Gasteiger partial charge in [-0.05, 0) is 25.5 Å². The van der Waals surface area contributed by atoms with E-state index in [1.807, 2.05) is 13.8 Å². The standard InChI is InChI=1S/C12H14Cl2O2/c1-3-7-15-10-6-5-9(13)11(14)12(10)16-8-4-2/h4-6,8H,3,7H2,1-2H3. The van der Waals surface area contributed by atoms with E-state index in [0.717, 1.165) is 6.42 Å². The Bertz CT molecular complexity index is 376. The van der Waals surface area contributed by atoms with Crippen LogP contribution in [0.5, 0.6) is 11.5 Å². The maximum Gasteiger partial charge on any atom is 0.188 e. The van der Waals surface area contributed by atoms with Gasteiger partial charge < -0.3 is 9.47 Å². The van der Waals surface area contributed by atoms with Gasteiger partial charge in [0.2, 0.25) is 0 Å². The van der Waals surface area contributed by atoms with Gasteiger partial charge in [0.1, 0.15) is 5.02 Å². The van der Waals surface area contributed by atoms with E-state index in [0.29, 0.717) is 28.2 Å². The third-order valence-corrected chi connectivity index (χ3v) is 2.58. The molecule has 2 nitrogen and oxygen atoms in total. The van der Waals surface area contributed by atoms with Crippen LogP contribution in [-0.4, -0.2) is 6.61 Å². The molecular formula is C12H14Cl2O2. The third kappa shape index (κ3) is 3.32. The van der Waals surface area contributed by atoms with Crippen LogP contribution in [0.3, 0.4) is 0 Å². The number of hydrogen-bond acceptors (Lipinski definition) is 2. The lowest BCUT2D eigenvalue weighted by atomic mass is 10.3. The maximum absolute atomic E-state index is 6.04. The van der Waals surface area contributed by atoms with Gasteiger partial charge in [0.25, 0.3) is 0 Å². The number of hydrogen-bond donors (Lipinski definition) is 0. The second-order valence-electron chi connectivity index (χ2n) is 3.12. The number of ether oxygens (including phenoxy) is 2. The van der Waals surface area contributed by atoms with Gasteiger partial charge in [-0.15, -0.1) is 0 Å². The topological polar surface area (TPSA) is 18.5 Å². The minimum atomic E-state index is 0.369. The Hall–Kier alpha value is -0.860. The third-order valence-electron chi connectivity index (χ3n) is 1.80. The van der Waals surface area contributed by atoms with E-state index in [1.165, 1.54) is 6.26 Å². The Morgan fingerprint density at radius 2 is 2.06 bits per heavy atom. The van der Waals surface area contributed by atoms with Crippen LogP contribution in [-0.2, 0) is 0 Å². The highest BCUT2D eigenvalue weighted by molar-refractivity contribution is 6.43. The monoisotopic (exact) mass is 260 g/mol. The summed E-state index contributed by atoms with van der Waals surface area (Å²) in [7, 11) is 0. The summed E-state index contributed by atoms with van der Waals surface area (Å²) in [6, 6.07) is 3.44. The zero-order valence-corrected chi connectivity index (χ0v) is 10.8. The van der Waals surface area contributed by atoms with E-state index >= 15 is 0 Å². The van der Waals surface area contributed by atoms with Gasteiger partial charge >= 0.3 is 0 Å². The molecule has 0 bridgehead atoms. The minimum absolute atomic E-state index is 0.369. The fourth-order valence-electron chi connectivity index (χ4n) is 1.09. The average molecular weight is 261 g/mol. The largest absolute Gasteiger partial charge is 0.490 e. The molecular weight excluding hydrogens is 247 g/mol. The van der Waals surface area contributed by atoms with Crippen LogP contribution < -0.4 is 9.47 Å². The number of benzene rings is 1. The van der Waals surface area contributed by atoms with E-state index in [9.17, 15) is 0 Å². The van der Waals surface area contributed by atoms with Gasteiger partial charge in [-0.25, -0.2) is 0 Å². The molecule has 0 radical (unpaired) electrons. The summed E-state index contributed by atoms with van der Waals surface area (Å²) in [6.45, 7) is 4.50. The van der Waals surface area contributed by atoms with Crippen molar-refractivity contribution in [2.24, 2.45) is 0 Å². The van der Waals surface area contributed by atoms with Crippen molar-refractivity contribution in [1.29, 1.82) is 0 Å². The summed E-state index contributed by atoms with van der Waals surface area (Å²) < 4.78 is 10.9. The molecule has 0 aliphatic heterocycles. The first-order valence-corrected chi connectivity index (χ1v) is 5.84. The second-order valence-corrected chi connectivity index (χ2v) is 3.91. The lowest BCUT2D eigenvalue weighted by Crippen LogP contribution is -1.98. The van der Waals surface area contributed by atoms with E-state index in [1.54, 1.807) is 18.2 Å². The van der Waals surface area contributed by atoms with Crippen molar-refractivity contribution >= 4 is 23.2 Å². The van der Waals surface area contributed by atoms with Crippen LogP contribution in [0.4, 0.5) is 0 Å². The zero-order valence-electron chi connectivity index (χ0n) is 9.30. The van der Waals surface area contributed by atoms with Crippen LogP contribution in [0.15, 0.2) is 24.5 Å². The molecule has 1 aromatic carbocycles. The van der Waals surface area contributed by atoms with Gasteiger partial charge in [0.15, 0.2) is 11.5 Å². The van der Waals surface area contributed by atoms with Crippen LogP contribution >= 0.6 is 23.2 Å². The molecule has 0 amide bonds. The number of rotatable bonds is 5. The SMILES string of the molecule is CC=COc1c(OCCC)ccc(Cl)c1Cl. The molecule has 0 saturated carbocycles. The summed E-state index contributed by atoms with van der Waals surface area (Å²) in [5.41, 5.74) is 0. The first-order chi connectivity index (χ1) is 7.70. The van der Waals surface area contributed by atoms with Gasteiger partial charge in [-0.1, -0.05) is 36.2 Å². The van der Waals surface area contributed by atoms with Gasteiger partial charge in [-0.2, -0.15) is 0 Å². The van der Waals surface area contributed by atoms with E-state index in [-0.39, 0.29) is 0 Å². The van der Waals surface area contributed by atoms with Crippen molar-refractivity contribution in [3.63, 3.8) is 0 Å². The molecule has 1 aromatic rings. The molecule has 0 atom stereocenters. The van der Waals surface area contributed by atoms with Crippen molar-refractivity contribution in [2.75, 3.05) is 6.61 Å². The zero-order chi connectivity index (χ0) is 12.0. The molecule has 0 saturated heterocycles. The summed E-state index contributed by atoms with van der Waals surface area (Å²) in [4.78, 5) is 0. The van der Waals surface area contributed by atoms with Crippen molar-refractivity contribution in [3.8, 4) is 11.5 Å². The van der Waals surface area contributed by atoms with Gasteiger partial charge in [0.05, 0.1) is 17.9 Å². The quantitative estimate of drug-likeness (QED) is 0.715. The molecule has 0 N–H and O–H groups in total. The highest BCUT2D eigenvalue weighted by Gasteiger charge is 2.12. The lowest BCUT2D eigenvalue weighted by molar-refractivity contribution is 0.302. The molecule has 0 heterocycles. The van der Waals surface area contributed by atoms with Crippen LogP contribution in [0.1, 0.15) is 20.3 Å². The molecule has 0 spiro atoms. The predicted octanol–water partition coefficient (Wildman–Crippen LogP) is 4.69. The smallest absolute Gasteiger partial charge is 0.188 e. The summed E-state index contributed by atoms with van der Waals surface area (Å²) in [5, 5.41) is 0.818. The first-order valence-electron chi connectivity index (χ1n) is 5.09. The van der Waals surface area contributed by atoms with Crippen molar-refractivity contribution in [3.05, 3.63) is 34.5 Å². The van der Waals surface area contributed by atoms with E-state index < -0.39 is 0 Å². The Morgan fingerprint density at radius 1 is 1.31 bits per heavy atom. The minimum Gasteiger partial charge on any atom is -0.490 e. The molecule has 0 fully saturated rings. The Kier molecular flexibility index (Phi) is 5.50. The summed E-state index contributed by atoms with van der Waals surface area (Å²) >= 11 is 11.9. The highest BCUT2D eigenvalue weighted by atomic mass is 35.5. The Balaban J connectivity index is 3.00. The normalized spacial score (nSPS) is 10.8. The molecule has 16 heavy (non-hydrogen) atoms. The molecule has 0 aromatic heterocycles. The highest BCUT2D eigenvalue weighted by Crippen LogP contribution is 2.40. The van der Waals surface area contributed by atoms with Crippen LogP contribution in [0, 0.1) is 0 Å². The molecule has 0 unspecified atom stereocenters. The Morgan fingerprint density at radius 3 is 2.69 bits per heavy atom. The van der Waals surface area contributed by atoms with Crippen molar-refractivity contribution < 1.29 is 9.47 Å². The molecule has 88 valence electrons. The van der Waals surface area contributed by atoms with E-state index in [4.69, 9.17) is 32.7 Å². The summed E-state index contributed by atoms with van der Waals surface area (Å²) in [6.07, 6.45) is 4.22. The second kappa shape index (κ2) is 6.66. The fourth-order valence-corrected chi connectivity index (χ4v) is 1.44. The predicted molar refractivity (Wildman–Crippen MR) is 67.7 cm³/mol. The van der Waals surface area contributed by atoms with Gasteiger partial charge in [0, 0.05) is 0 Å². The lowest BCUT2D eigenvalue weighted by Gasteiger charge is -2.12. The van der Waals surface area contributed by atoms with E-state index in [2.05, 4.69) is 0 Å². The molecule has 0 aliphatic carbocycles. The van der Waals surface area contributed by atoms with Crippen molar-refractivity contribution in [2.45, 2.75) is 20.3 Å². The first kappa shape index (κ1) is 13.2. The Labute approximate surface area is 106 Å². The maximum atomic E-state index is 6.04. The number of halogens is 2. The van der Waals surface area contributed by atoms with Crippen LogP contribution in [0.25, 0.3) is 0 Å². The molecule has 4 heteroatoms. The van der Waals surface area contributed by atoms with Gasteiger partial charge in [-0.3, -0.25) is 0 Å². The molecule has 1 rings (SSSR count). The van der Waals surface area contributed by atoms with Crippen molar-refractivity contribution in [1.82, 2.24) is 0 Å². The summed E-state index contributed by atoms with van der Waals surface area (Å²) in [5.74, 6) is 1.06.